The van der Waals surface area contributed by atoms with E-state index in [0.29, 0.717) is 12.3 Å². The molecule has 1 aromatic rings. The van der Waals surface area contributed by atoms with Crippen LogP contribution in [0.3, 0.4) is 0 Å². The zero-order valence-electron chi connectivity index (χ0n) is 13.6. The summed E-state index contributed by atoms with van der Waals surface area (Å²) in [6, 6.07) is 3.25. The van der Waals surface area contributed by atoms with E-state index < -0.39 is 5.60 Å². The minimum atomic E-state index is -0.529. The average Bonchev–Trinajstić information content (AvgIpc) is 2.84. The van der Waals surface area contributed by atoms with Crippen molar-refractivity contribution in [2.75, 3.05) is 6.54 Å². The van der Waals surface area contributed by atoms with E-state index in [1.165, 1.54) is 6.26 Å². The molecule has 1 amide bonds. The molecular formula is C17H25NO4. The van der Waals surface area contributed by atoms with E-state index in [9.17, 15) is 9.59 Å². The first-order valence-corrected chi connectivity index (χ1v) is 7.93. The third kappa shape index (κ3) is 4.61. The molecule has 2 heterocycles. The third-order valence-electron chi connectivity index (χ3n) is 3.72. The number of rotatable bonds is 3. The number of carbonyl (C=O) groups is 2. The fourth-order valence-electron chi connectivity index (χ4n) is 2.70. The number of hydrogen-bond acceptors (Lipinski definition) is 4. The molecule has 5 heteroatoms. The van der Waals surface area contributed by atoms with Gasteiger partial charge in [0.15, 0.2) is 11.5 Å². The summed E-state index contributed by atoms with van der Waals surface area (Å²) in [6.07, 6.45) is 5.32. The molecule has 1 atom stereocenters. The number of Topliss-reactive ketones (excluding diaryl/α,β-unsaturated/α-hetero) is 1. The number of hydrogen-bond donors (Lipinski definition) is 0. The molecule has 0 bridgehead atoms. The maximum absolute atomic E-state index is 12.4. The van der Waals surface area contributed by atoms with E-state index >= 15 is 0 Å². The first-order chi connectivity index (χ1) is 10.4. The summed E-state index contributed by atoms with van der Waals surface area (Å²) in [5, 5.41) is 0. The highest BCUT2D eigenvalue weighted by atomic mass is 16.6. The van der Waals surface area contributed by atoms with Crippen LogP contribution in [0.2, 0.25) is 0 Å². The van der Waals surface area contributed by atoms with E-state index in [1.54, 1.807) is 17.0 Å². The molecule has 1 unspecified atom stereocenters. The van der Waals surface area contributed by atoms with Gasteiger partial charge in [-0.2, -0.15) is 0 Å². The van der Waals surface area contributed by atoms with E-state index in [4.69, 9.17) is 9.15 Å². The minimum Gasteiger partial charge on any atom is -0.461 e. The number of likely N-dealkylation sites (tertiary alicyclic amines) is 1. The smallest absolute Gasteiger partial charge is 0.410 e. The van der Waals surface area contributed by atoms with Crippen LogP contribution in [0.4, 0.5) is 4.79 Å². The molecule has 22 heavy (non-hydrogen) atoms. The lowest BCUT2D eigenvalue weighted by Crippen LogP contribution is -2.44. The maximum atomic E-state index is 12.4. The molecule has 1 fully saturated rings. The van der Waals surface area contributed by atoms with Gasteiger partial charge >= 0.3 is 6.09 Å². The van der Waals surface area contributed by atoms with Crippen molar-refractivity contribution in [2.45, 2.75) is 64.5 Å². The SMILES string of the molecule is CC(C)(C)OC(=O)N1CCCCCC1CC(=O)c1ccco1. The Morgan fingerprint density at radius 1 is 1.32 bits per heavy atom. The molecule has 5 nitrogen and oxygen atoms in total. The summed E-state index contributed by atoms with van der Waals surface area (Å²) < 4.78 is 10.6. The molecule has 1 aromatic heterocycles. The van der Waals surface area contributed by atoms with Gasteiger partial charge in [-0.25, -0.2) is 4.79 Å². The first kappa shape index (κ1) is 16.6. The lowest BCUT2D eigenvalue weighted by Gasteiger charge is -2.32. The second-order valence-electron chi connectivity index (χ2n) is 6.78. The molecule has 2 rings (SSSR count). The Morgan fingerprint density at radius 2 is 2.09 bits per heavy atom. The molecule has 0 radical (unpaired) electrons. The lowest BCUT2D eigenvalue weighted by molar-refractivity contribution is 0.0161. The van der Waals surface area contributed by atoms with Gasteiger partial charge in [-0.15, -0.1) is 0 Å². The van der Waals surface area contributed by atoms with E-state index in [2.05, 4.69) is 0 Å². The van der Waals surface area contributed by atoms with Gasteiger partial charge in [0.1, 0.15) is 5.60 Å². The highest BCUT2D eigenvalue weighted by Gasteiger charge is 2.31. The number of ether oxygens (including phenoxy) is 1. The molecule has 0 aliphatic carbocycles. The predicted octanol–water partition coefficient (Wildman–Crippen LogP) is 4.03. The van der Waals surface area contributed by atoms with Gasteiger partial charge in [-0.3, -0.25) is 4.79 Å². The maximum Gasteiger partial charge on any atom is 0.410 e. The quantitative estimate of drug-likeness (QED) is 0.791. The molecule has 1 saturated heterocycles. The molecule has 0 aromatic carbocycles. The zero-order valence-corrected chi connectivity index (χ0v) is 13.6. The number of carbonyl (C=O) groups excluding carboxylic acids is 2. The largest absolute Gasteiger partial charge is 0.461 e. The van der Waals surface area contributed by atoms with Crippen LogP contribution in [0.25, 0.3) is 0 Å². The van der Waals surface area contributed by atoms with Gasteiger partial charge in [0.05, 0.1) is 6.26 Å². The summed E-state index contributed by atoms with van der Waals surface area (Å²) in [5.41, 5.74) is -0.529. The van der Waals surface area contributed by atoms with Crippen molar-refractivity contribution < 1.29 is 18.7 Å². The fourth-order valence-corrected chi connectivity index (χ4v) is 2.70. The van der Waals surface area contributed by atoms with Crippen LogP contribution in [-0.2, 0) is 4.74 Å². The van der Waals surface area contributed by atoms with Crippen molar-refractivity contribution in [3.63, 3.8) is 0 Å². The van der Waals surface area contributed by atoms with E-state index in [0.717, 1.165) is 25.7 Å². The molecule has 122 valence electrons. The third-order valence-corrected chi connectivity index (χ3v) is 3.72. The summed E-state index contributed by atoms with van der Waals surface area (Å²) in [6.45, 7) is 6.20. The Hall–Kier alpha value is -1.78. The van der Waals surface area contributed by atoms with Gasteiger partial charge in [-0.05, 0) is 45.7 Å². The van der Waals surface area contributed by atoms with E-state index in [-0.39, 0.29) is 24.3 Å². The first-order valence-electron chi connectivity index (χ1n) is 7.93. The van der Waals surface area contributed by atoms with Gasteiger partial charge in [-0.1, -0.05) is 12.8 Å². The lowest BCUT2D eigenvalue weighted by atomic mass is 10.0. The van der Waals surface area contributed by atoms with Gasteiger partial charge in [0, 0.05) is 19.0 Å². The highest BCUT2D eigenvalue weighted by molar-refractivity contribution is 5.94. The van der Waals surface area contributed by atoms with Crippen LogP contribution in [0, 0.1) is 0 Å². The minimum absolute atomic E-state index is 0.0644. The summed E-state index contributed by atoms with van der Waals surface area (Å²) in [4.78, 5) is 26.4. The second kappa shape index (κ2) is 6.99. The number of furan rings is 1. The summed E-state index contributed by atoms with van der Waals surface area (Å²) in [5.74, 6) is 0.291. The summed E-state index contributed by atoms with van der Waals surface area (Å²) in [7, 11) is 0. The van der Waals surface area contributed by atoms with Gasteiger partial charge in [0.25, 0.3) is 0 Å². The molecule has 0 spiro atoms. The number of ketones is 1. The van der Waals surface area contributed by atoms with Crippen molar-refractivity contribution >= 4 is 11.9 Å². The Labute approximate surface area is 131 Å². The second-order valence-corrected chi connectivity index (χ2v) is 6.78. The van der Waals surface area contributed by atoms with Crippen molar-refractivity contribution in [3.05, 3.63) is 24.2 Å². The number of amides is 1. The van der Waals surface area contributed by atoms with Crippen molar-refractivity contribution in [3.8, 4) is 0 Å². The molecule has 1 aliphatic rings. The average molecular weight is 307 g/mol. The Morgan fingerprint density at radius 3 is 2.73 bits per heavy atom. The standard InChI is InChI=1S/C17H25NO4/c1-17(2,3)22-16(20)18-10-6-4-5-8-13(18)12-14(19)15-9-7-11-21-15/h7,9,11,13H,4-6,8,10,12H2,1-3H3. The normalized spacial score (nSPS) is 19.6. The molecular weight excluding hydrogens is 282 g/mol. The van der Waals surface area contributed by atoms with Crippen LogP contribution in [-0.4, -0.2) is 35.0 Å². The van der Waals surface area contributed by atoms with Gasteiger partial charge in [0.2, 0.25) is 0 Å². The van der Waals surface area contributed by atoms with Crippen LogP contribution in [0.5, 0.6) is 0 Å². The van der Waals surface area contributed by atoms with Crippen LogP contribution >= 0.6 is 0 Å². The molecule has 0 N–H and O–H groups in total. The molecule has 0 saturated carbocycles. The van der Waals surface area contributed by atoms with E-state index in [1.807, 2.05) is 20.8 Å². The number of nitrogens with zero attached hydrogens (tertiary/aromatic N) is 1. The van der Waals surface area contributed by atoms with Crippen molar-refractivity contribution in [1.82, 2.24) is 4.90 Å². The predicted molar refractivity (Wildman–Crippen MR) is 82.9 cm³/mol. The van der Waals surface area contributed by atoms with Crippen molar-refractivity contribution in [1.29, 1.82) is 0 Å². The zero-order chi connectivity index (χ0) is 16.2. The Bertz CT molecular complexity index is 501. The molecule has 1 aliphatic heterocycles. The van der Waals surface area contributed by atoms with Crippen molar-refractivity contribution in [2.24, 2.45) is 0 Å². The van der Waals surface area contributed by atoms with Crippen LogP contribution in [0.1, 0.15) is 63.4 Å². The Balaban J connectivity index is 2.07. The van der Waals surface area contributed by atoms with Gasteiger partial charge < -0.3 is 14.1 Å². The fraction of sp³-hybridized carbons (Fsp3) is 0.647. The van der Waals surface area contributed by atoms with Crippen LogP contribution in [0.15, 0.2) is 22.8 Å². The Kier molecular flexibility index (Phi) is 5.27. The highest BCUT2D eigenvalue weighted by Crippen LogP contribution is 2.23. The topological polar surface area (TPSA) is 59.8 Å². The summed E-state index contributed by atoms with van der Waals surface area (Å²) >= 11 is 0. The van der Waals surface area contributed by atoms with Crippen LogP contribution < -0.4 is 0 Å². The monoisotopic (exact) mass is 307 g/mol.